The second kappa shape index (κ2) is 23.8. The summed E-state index contributed by atoms with van der Waals surface area (Å²) in [7, 11) is -30.4. The molecule has 0 spiro atoms. The molecule has 29 nitrogen and oxygen atoms in total. The van der Waals surface area contributed by atoms with Crippen LogP contribution in [0.2, 0.25) is 10.0 Å². The first-order chi connectivity index (χ1) is 40.0. The summed E-state index contributed by atoms with van der Waals surface area (Å²) in [6, 6.07) is 22.9. The van der Waals surface area contributed by atoms with Gasteiger partial charge in [-0.2, -0.15) is 52.6 Å². The van der Waals surface area contributed by atoms with E-state index >= 15 is 0 Å². The van der Waals surface area contributed by atoms with Gasteiger partial charge in [-0.3, -0.25) is 32.3 Å². The van der Waals surface area contributed by atoms with E-state index in [2.05, 4.69) is 46.1 Å². The smallest absolute Gasteiger partial charge is 0.296 e. The zero-order valence-electron chi connectivity index (χ0n) is 42.7. The van der Waals surface area contributed by atoms with Crippen LogP contribution >= 0.6 is 34.5 Å². The molecule has 0 unspecified atom stereocenters. The lowest BCUT2D eigenvalue weighted by Crippen LogP contribution is -2.13. The standard InChI is InChI=1S/C48H33Cl2N11O18S7/c1-23-35(21-51)45(54-28-9-13-37(49)41(16-28)85(74,75)76)56-46(55-29-10-14-38(50)42(17-29)86(77,78)79)44(23)58-59-47-36(22-52)43(25-3-5-27(6-4-25)61-81(63,64)31-11-7-26(8-12-31)53-24(2)62)48(80-47)60-57-30-15-33-34(39(18-30)83(68,69)70)19-32(82(65,66)67)20-40(33)84(71,72)73/h3-20,61H,1-2H3,(H,53,62)(H2,54,55,56)(H,65,66,67)(H,68,69,70)(H,71,72,73)(H,74,75,76)(H,77,78,79)/b59-58?,60-57+. The van der Waals surface area contributed by atoms with Gasteiger partial charge < -0.3 is 16.0 Å². The van der Waals surface area contributed by atoms with Gasteiger partial charge in [-0.1, -0.05) is 46.7 Å². The molecule has 9 N–H and O–H groups in total. The Morgan fingerprint density at radius 2 is 1.02 bits per heavy atom. The minimum Gasteiger partial charge on any atom is -0.339 e. The lowest BCUT2D eigenvalue weighted by atomic mass is 10.0. The summed E-state index contributed by atoms with van der Waals surface area (Å²) in [4.78, 5) is 10.6. The van der Waals surface area contributed by atoms with Gasteiger partial charge >= 0.3 is 0 Å². The van der Waals surface area contributed by atoms with E-state index in [1.54, 1.807) is 0 Å². The Balaban J connectivity index is 1.32. The number of halogens is 2. The van der Waals surface area contributed by atoms with Crippen molar-refractivity contribution in [2.45, 2.75) is 43.2 Å². The molecule has 38 heteroatoms. The monoisotopic (exact) mass is 1340 g/mol. The van der Waals surface area contributed by atoms with Crippen LogP contribution in [-0.2, 0) is 65.4 Å². The Bertz CT molecular complexity index is 5080. The molecule has 8 rings (SSSR count). The third kappa shape index (κ3) is 14.1. The van der Waals surface area contributed by atoms with E-state index in [-0.39, 0.29) is 82.1 Å². The van der Waals surface area contributed by atoms with Crippen LogP contribution in [0.25, 0.3) is 21.9 Å². The van der Waals surface area contributed by atoms with Crippen LogP contribution in [0.5, 0.6) is 0 Å². The van der Waals surface area contributed by atoms with Gasteiger partial charge in [0.05, 0.1) is 31.1 Å². The van der Waals surface area contributed by atoms with E-state index in [1.807, 2.05) is 12.1 Å². The van der Waals surface area contributed by atoms with Crippen LogP contribution in [0.4, 0.5) is 55.8 Å². The number of pyridine rings is 1. The molecule has 1 amide bonds. The maximum atomic E-state index is 13.4. The topological polar surface area (TPSA) is 481 Å². The number of hydrogen-bond acceptors (Lipinski definition) is 23. The summed E-state index contributed by atoms with van der Waals surface area (Å²) in [5.74, 6) is -1.09. The molecule has 8 aromatic rings. The maximum Gasteiger partial charge on any atom is 0.296 e. The Hall–Kier alpha value is -8.44. The number of fused-ring (bicyclic) bond motifs is 1. The molecule has 86 heavy (non-hydrogen) atoms. The van der Waals surface area contributed by atoms with Crippen LogP contribution in [0.1, 0.15) is 23.6 Å². The van der Waals surface area contributed by atoms with Gasteiger partial charge in [0.2, 0.25) is 5.91 Å². The zero-order chi connectivity index (χ0) is 63.2. The van der Waals surface area contributed by atoms with E-state index in [4.69, 9.17) is 23.2 Å². The first kappa shape index (κ1) is 63.6. The van der Waals surface area contributed by atoms with Crippen molar-refractivity contribution in [2.24, 2.45) is 20.5 Å². The molecule has 0 saturated heterocycles. The molecule has 6 aromatic carbocycles. The van der Waals surface area contributed by atoms with E-state index in [1.165, 1.54) is 74.5 Å². The van der Waals surface area contributed by atoms with E-state index < -0.39 is 112 Å². The van der Waals surface area contributed by atoms with Gasteiger partial charge in [0.25, 0.3) is 60.6 Å². The number of thiophene rings is 1. The molecular weight excluding hydrogens is 1310 g/mol. The first-order valence-electron chi connectivity index (χ1n) is 22.9. The second-order valence-electron chi connectivity index (χ2n) is 17.5. The van der Waals surface area contributed by atoms with Gasteiger partial charge in [-0.05, 0) is 110 Å². The molecule has 0 fully saturated rings. The van der Waals surface area contributed by atoms with Crippen molar-refractivity contribution in [2.75, 3.05) is 20.7 Å². The first-order valence-corrected chi connectivity index (χ1v) is 33.2. The molecule has 0 bridgehead atoms. The van der Waals surface area contributed by atoms with Crippen molar-refractivity contribution in [3.8, 4) is 23.3 Å². The number of nitrogens with zero attached hydrogens (tertiary/aromatic N) is 7. The van der Waals surface area contributed by atoms with Crippen LogP contribution in [-0.4, -0.2) is 84.2 Å². The Labute approximate surface area is 501 Å². The molecule has 2 aromatic heterocycles. The van der Waals surface area contributed by atoms with E-state index in [0.717, 1.165) is 30.3 Å². The van der Waals surface area contributed by atoms with Crippen LogP contribution in [0.15, 0.2) is 159 Å². The quantitative estimate of drug-likeness (QED) is 0.0285. The predicted molar refractivity (Wildman–Crippen MR) is 311 cm³/mol. The minimum absolute atomic E-state index is 0.0363. The third-order valence-corrected chi connectivity index (χ3v) is 19.3. The molecule has 444 valence electrons. The highest BCUT2D eigenvalue weighted by molar-refractivity contribution is 7.92. The van der Waals surface area contributed by atoms with Crippen LogP contribution in [0, 0.1) is 29.6 Å². The van der Waals surface area contributed by atoms with Gasteiger partial charge in [-0.15, -0.1) is 20.5 Å². The van der Waals surface area contributed by atoms with E-state index in [0.29, 0.717) is 35.2 Å². The zero-order valence-corrected chi connectivity index (χ0v) is 49.9. The normalized spacial score (nSPS) is 12.5. The van der Waals surface area contributed by atoms with Crippen molar-refractivity contribution in [1.29, 1.82) is 10.5 Å². The van der Waals surface area contributed by atoms with Crippen molar-refractivity contribution >= 4 is 168 Å². The molecular formula is C48H33Cl2N11O18S7. The number of rotatable bonds is 18. The number of hydrogen-bond donors (Lipinski definition) is 9. The van der Waals surface area contributed by atoms with Gasteiger partial charge in [0, 0.05) is 51.6 Å². The van der Waals surface area contributed by atoms with Crippen molar-refractivity contribution in [3.63, 3.8) is 0 Å². The fraction of sp³-hybridized carbons (Fsp3) is 0.0417. The predicted octanol–water partition coefficient (Wildman–Crippen LogP) is 10.6. The van der Waals surface area contributed by atoms with Crippen molar-refractivity contribution < 1.29 is 78.1 Å². The molecule has 2 heterocycles. The number of carbonyl (C=O) groups is 1. The number of sulfonamides is 1. The highest BCUT2D eigenvalue weighted by Crippen LogP contribution is 2.49. The van der Waals surface area contributed by atoms with Crippen LogP contribution < -0.4 is 20.7 Å². The number of benzene rings is 6. The fourth-order valence-corrected chi connectivity index (χ4v) is 13.9. The average molecular weight is 1350 g/mol. The lowest BCUT2D eigenvalue weighted by molar-refractivity contribution is -0.114. The third-order valence-electron chi connectivity index (χ3n) is 11.7. The van der Waals surface area contributed by atoms with Gasteiger partial charge in [0.15, 0.2) is 16.6 Å². The van der Waals surface area contributed by atoms with Gasteiger partial charge in [0.1, 0.15) is 48.0 Å². The number of anilines is 6. The lowest BCUT2D eigenvalue weighted by Gasteiger charge is -2.16. The summed E-state index contributed by atoms with van der Waals surface area (Å²) in [5.41, 5.74) is -1.72. The Morgan fingerprint density at radius 1 is 0.535 bits per heavy atom. The maximum absolute atomic E-state index is 13.4. The highest BCUT2D eigenvalue weighted by Gasteiger charge is 2.28. The number of amides is 1. The summed E-state index contributed by atoms with van der Waals surface area (Å²) >= 11 is 12.6. The number of nitrogens with one attached hydrogen (secondary N) is 4. The summed E-state index contributed by atoms with van der Waals surface area (Å²) in [5, 5.41) is 43.3. The molecule has 0 aliphatic carbocycles. The van der Waals surface area contributed by atoms with Gasteiger partial charge in [-0.25, -0.2) is 13.4 Å². The number of azo groups is 2. The Kier molecular flexibility index (Phi) is 17.6. The minimum atomic E-state index is -5.48. The molecule has 0 saturated carbocycles. The fourth-order valence-electron chi connectivity index (χ4n) is 7.91. The number of nitriles is 2. The second-order valence-corrected chi connectivity index (χ2v) is 28.0. The summed E-state index contributed by atoms with van der Waals surface area (Å²) in [6.45, 7) is 2.59. The van der Waals surface area contributed by atoms with Crippen molar-refractivity contribution in [1.82, 2.24) is 4.98 Å². The number of carbonyl (C=O) groups excluding carboxylic acids is 1. The van der Waals surface area contributed by atoms with E-state index in [9.17, 15) is 88.6 Å². The van der Waals surface area contributed by atoms with Crippen molar-refractivity contribution in [3.05, 3.63) is 136 Å². The SMILES string of the molecule is CC(=O)Nc1ccc(S(=O)(=O)Nc2ccc(-c3c(/N=N/c4cc(S(=O)(=O)O)c5cc(S(=O)(=O)O)cc(S(=O)(=O)O)c5c4)sc(N=Nc4c(Nc5ccc(Cl)c(S(=O)(=O)O)c5)nc(Nc5ccc(Cl)c(S(=O)(=O)O)c5)c(C#N)c4C)c3C#N)cc2)cc1. The Morgan fingerprint density at radius 3 is 1.53 bits per heavy atom. The van der Waals surface area contributed by atoms with Crippen LogP contribution in [0.3, 0.4) is 0 Å². The molecule has 0 aliphatic rings. The molecule has 0 atom stereocenters. The summed E-state index contributed by atoms with van der Waals surface area (Å²) in [6.07, 6.45) is 0. The average Bonchev–Trinajstić information content (AvgIpc) is 0.850. The molecule has 0 aliphatic heterocycles. The molecule has 0 radical (unpaired) electrons. The number of aromatic nitrogens is 1. The summed E-state index contributed by atoms with van der Waals surface area (Å²) < 4.78 is 203. The largest absolute Gasteiger partial charge is 0.339 e. The highest BCUT2D eigenvalue weighted by atomic mass is 35.5.